The first-order valence-corrected chi connectivity index (χ1v) is 7.40. The molecule has 2 heterocycles. The maximum atomic E-state index is 10.8. The Bertz CT molecular complexity index is 620. The van der Waals surface area contributed by atoms with Crippen molar-refractivity contribution in [3.8, 4) is 5.75 Å². The molecule has 1 N–H and O–H groups in total. The minimum Gasteiger partial charge on any atom is -0.493 e. The van der Waals surface area contributed by atoms with Gasteiger partial charge in [-0.2, -0.15) is 0 Å². The highest BCUT2D eigenvalue weighted by Crippen LogP contribution is 2.37. The lowest BCUT2D eigenvalue weighted by atomic mass is 9.95. The fraction of sp³-hybridized carbons (Fsp3) is 0.267. The molecule has 5 heteroatoms. The molecule has 1 unspecified atom stereocenters. The van der Waals surface area contributed by atoms with Gasteiger partial charge >= 0.3 is 5.97 Å². The Kier molecular flexibility index (Phi) is 3.69. The number of aromatic carboxylic acids is 1. The van der Waals surface area contributed by atoms with Gasteiger partial charge in [-0.1, -0.05) is 30.0 Å². The van der Waals surface area contributed by atoms with Crippen molar-refractivity contribution >= 4 is 17.7 Å². The van der Waals surface area contributed by atoms with Crippen LogP contribution in [0.25, 0.3) is 0 Å². The van der Waals surface area contributed by atoms with Crippen LogP contribution in [0.5, 0.6) is 5.75 Å². The van der Waals surface area contributed by atoms with Crippen molar-refractivity contribution in [1.29, 1.82) is 0 Å². The highest BCUT2D eigenvalue weighted by atomic mass is 32.2. The average Bonchev–Trinajstić information content (AvgIpc) is 2.94. The molecular weight excluding hydrogens is 276 g/mol. The summed E-state index contributed by atoms with van der Waals surface area (Å²) in [5, 5.41) is 9.47. The number of carbonyl (C=O) groups is 1. The number of carboxylic acid groups (broad SMARTS) is 1. The molecule has 1 aliphatic heterocycles. The van der Waals surface area contributed by atoms with E-state index in [-0.39, 0.29) is 5.76 Å². The Labute approximate surface area is 120 Å². The van der Waals surface area contributed by atoms with Crippen LogP contribution >= 0.6 is 11.8 Å². The van der Waals surface area contributed by atoms with E-state index in [4.69, 9.17) is 14.3 Å². The SMILES string of the molecule is O=C(O)c1ccc(SCC2CCOc3ccccc32)o1. The van der Waals surface area contributed by atoms with Crippen molar-refractivity contribution in [2.45, 2.75) is 17.4 Å². The van der Waals surface area contributed by atoms with Crippen LogP contribution in [0.1, 0.15) is 28.5 Å². The number of hydrogen-bond acceptors (Lipinski definition) is 4. The number of furan rings is 1. The summed E-state index contributed by atoms with van der Waals surface area (Å²) in [5.74, 6) is 1.17. The van der Waals surface area contributed by atoms with Crippen LogP contribution in [0, 0.1) is 0 Å². The van der Waals surface area contributed by atoms with E-state index in [1.807, 2.05) is 18.2 Å². The van der Waals surface area contributed by atoms with Gasteiger partial charge < -0.3 is 14.3 Å². The van der Waals surface area contributed by atoms with Crippen molar-refractivity contribution in [2.24, 2.45) is 0 Å². The van der Waals surface area contributed by atoms with Gasteiger partial charge in [-0.05, 0) is 30.2 Å². The Morgan fingerprint density at radius 1 is 1.30 bits per heavy atom. The van der Waals surface area contributed by atoms with Gasteiger partial charge in [-0.15, -0.1) is 0 Å². The third-order valence-electron chi connectivity index (χ3n) is 3.30. The molecule has 1 aromatic heterocycles. The molecule has 1 atom stereocenters. The zero-order valence-corrected chi connectivity index (χ0v) is 11.6. The predicted molar refractivity (Wildman–Crippen MR) is 75.7 cm³/mol. The van der Waals surface area contributed by atoms with E-state index in [0.717, 1.165) is 24.5 Å². The number of rotatable bonds is 4. The van der Waals surface area contributed by atoms with E-state index < -0.39 is 5.97 Å². The fourth-order valence-corrected chi connectivity index (χ4v) is 3.31. The van der Waals surface area contributed by atoms with E-state index in [1.165, 1.54) is 11.6 Å². The Hall–Kier alpha value is -1.88. The number of para-hydroxylation sites is 1. The highest BCUT2D eigenvalue weighted by Gasteiger charge is 2.21. The van der Waals surface area contributed by atoms with E-state index >= 15 is 0 Å². The monoisotopic (exact) mass is 290 g/mol. The van der Waals surface area contributed by atoms with Gasteiger partial charge in [-0.3, -0.25) is 0 Å². The fourth-order valence-electron chi connectivity index (χ4n) is 2.28. The molecule has 2 aromatic rings. The van der Waals surface area contributed by atoms with Crippen molar-refractivity contribution < 1.29 is 19.1 Å². The zero-order valence-electron chi connectivity index (χ0n) is 10.7. The van der Waals surface area contributed by atoms with Crippen molar-refractivity contribution in [3.63, 3.8) is 0 Å². The molecule has 1 aromatic carbocycles. The summed E-state index contributed by atoms with van der Waals surface area (Å²) in [5.41, 5.74) is 1.22. The van der Waals surface area contributed by atoms with Gasteiger partial charge in [0.25, 0.3) is 0 Å². The lowest BCUT2D eigenvalue weighted by Gasteiger charge is -2.25. The predicted octanol–water partition coefficient (Wildman–Crippen LogP) is 3.64. The maximum Gasteiger partial charge on any atom is 0.371 e. The minimum absolute atomic E-state index is 0.0140. The van der Waals surface area contributed by atoms with E-state index in [2.05, 4.69) is 6.07 Å². The molecule has 0 saturated carbocycles. The van der Waals surface area contributed by atoms with E-state index in [9.17, 15) is 4.79 Å². The number of thioether (sulfide) groups is 1. The maximum absolute atomic E-state index is 10.8. The molecule has 20 heavy (non-hydrogen) atoms. The first kappa shape index (κ1) is 13.1. The third kappa shape index (κ3) is 2.67. The molecule has 0 saturated heterocycles. The van der Waals surface area contributed by atoms with E-state index in [1.54, 1.807) is 17.8 Å². The Morgan fingerprint density at radius 3 is 2.95 bits per heavy atom. The zero-order chi connectivity index (χ0) is 13.9. The molecule has 0 fully saturated rings. The van der Waals surface area contributed by atoms with Gasteiger partial charge in [-0.25, -0.2) is 4.79 Å². The molecule has 1 aliphatic rings. The van der Waals surface area contributed by atoms with Crippen molar-refractivity contribution in [2.75, 3.05) is 12.4 Å². The number of ether oxygens (including phenoxy) is 1. The van der Waals surface area contributed by atoms with Gasteiger partial charge in [0.1, 0.15) is 5.75 Å². The van der Waals surface area contributed by atoms with Crippen LogP contribution in [0.2, 0.25) is 0 Å². The third-order valence-corrected chi connectivity index (χ3v) is 4.37. The van der Waals surface area contributed by atoms with Crippen LogP contribution in [0.3, 0.4) is 0 Å². The molecule has 104 valence electrons. The normalized spacial score (nSPS) is 17.3. The number of carboxylic acids is 1. The van der Waals surface area contributed by atoms with Crippen LogP contribution in [-0.2, 0) is 0 Å². The molecule has 0 aliphatic carbocycles. The second-order valence-electron chi connectivity index (χ2n) is 4.61. The quantitative estimate of drug-likeness (QED) is 0.871. The first-order chi connectivity index (χ1) is 9.74. The van der Waals surface area contributed by atoms with Crippen LogP contribution in [-0.4, -0.2) is 23.4 Å². The van der Waals surface area contributed by atoms with E-state index in [0.29, 0.717) is 11.0 Å². The highest BCUT2D eigenvalue weighted by molar-refractivity contribution is 7.99. The van der Waals surface area contributed by atoms with Gasteiger partial charge in [0.2, 0.25) is 5.76 Å². The standard InChI is InChI=1S/C15H14O4S/c16-15(17)13-5-6-14(19-13)20-9-10-7-8-18-12-4-2-1-3-11(10)12/h1-6,10H,7-9H2,(H,16,17). The Morgan fingerprint density at radius 2 is 2.15 bits per heavy atom. The molecule has 0 spiro atoms. The van der Waals surface area contributed by atoms with Gasteiger partial charge in [0, 0.05) is 11.7 Å². The largest absolute Gasteiger partial charge is 0.493 e. The lowest BCUT2D eigenvalue weighted by molar-refractivity contribution is 0.0656. The lowest BCUT2D eigenvalue weighted by Crippen LogP contribution is -2.15. The summed E-state index contributed by atoms with van der Waals surface area (Å²) in [4.78, 5) is 10.8. The summed E-state index contributed by atoms with van der Waals surface area (Å²) in [6.07, 6.45) is 0.969. The molecular formula is C15H14O4S. The average molecular weight is 290 g/mol. The molecule has 0 bridgehead atoms. The summed E-state index contributed by atoms with van der Waals surface area (Å²) in [7, 11) is 0. The summed E-state index contributed by atoms with van der Waals surface area (Å²) in [6, 6.07) is 11.3. The van der Waals surface area contributed by atoms with Crippen molar-refractivity contribution in [1.82, 2.24) is 0 Å². The van der Waals surface area contributed by atoms with Crippen molar-refractivity contribution in [3.05, 3.63) is 47.7 Å². The topological polar surface area (TPSA) is 59.7 Å². The minimum atomic E-state index is -1.03. The van der Waals surface area contributed by atoms with Gasteiger partial charge in [0.15, 0.2) is 5.09 Å². The smallest absolute Gasteiger partial charge is 0.371 e. The molecule has 3 rings (SSSR count). The van der Waals surface area contributed by atoms with Crippen LogP contribution in [0.4, 0.5) is 0 Å². The summed E-state index contributed by atoms with van der Waals surface area (Å²) < 4.78 is 10.9. The first-order valence-electron chi connectivity index (χ1n) is 6.41. The summed E-state index contributed by atoms with van der Waals surface area (Å²) >= 11 is 1.54. The summed E-state index contributed by atoms with van der Waals surface area (Å²) in [6.45, 7) is 0.723. The molecule has 0 radical (unpaired) electrons. The number of fused-ring (bicyclic) bond motifs is 1. The second kappa shape index (κ2) is 5.63. The Balaban J connectivity index is 1.68. The second-order valence-corrected chi connectivity index (χ2v) is 5.63. The number of hydrogen-bond donors (Lipinski definition) is 1. The molecule has 0 amide bonds. The van der Waals surface area contributed by atoms with Gasteiger partial charge in [0.05, 0.1) is 6.61 Å². The van der Waals surface area contributed by atoms with Crippen LogP contribution in [0.15, 0.2) is 45.9 Å². The molecule has 4 nitrogen and oxygen atoms in total. The van der Waals surface area contributed by atoms with Crippen LogP contribution < -0.4 is 4.74 Å². The number of benzene rings is 1.